The molecule has 0 saturated carbocycles. The van der Waals surface area contributed by atoms with Gasteiger partial charge in [-0.3, -0.25) is 9.69 Å². The molecular formula is C30H35N3O3S2. The molecular weight excluding hydrogens is 514 g/mol. The summed E-state index contributed by atoms with van der Waals surface area (Å²) in [5.41, 5.74) is 2.52. The lowest BCUT2D eigenvalue weighted by atomic mass is 9.95. The number of hydrogen-bond acceptors (Lipinski definition) is 5. The van der Waals surface area contributed by atoms with Crippen molar-refractivity contribution in [3.05, 3.63) is 96.1 Å². The topological polar surface area (TPSA) is 60.9 Å². The molecule has 5 rings (SSSR count). The minimum atomic E-state index is -3.54. The first kappa shape index (κ1) is 26.9. The van der Waals surface area contributed by atoms with Gasteiger partial charge in [-0.15, -0.1) is 11.8 Å². The van der Waals surface area contributed by atoms with Gasteiger partial charge in [-0.1, -0.05) is 60.7 Å². The molecule has 2 fully saturated rings. The van der Waals surface area contributed by atoms with Gasteiger partial charge in [-0.2, -0.15) is 4.31 Å². The number of carbonyl (C=O) groups is 1. The highest BCUT2D eigenvalue weighted by atomic mass is 32.2. The van der Waals surface area contributed by atoms with E-state index in [9.17, 15) is 13.2 Å². The van der Waals surface area contributed by atoms with Crippen molar-refractivity contribution < 1.29 is 13.2 Å². The summed E-state index contributed by atoms with van der Waals surface area (Å²) < 4.78 is 27.8. The molecule has 1 amide bonds. The smallest absolute Gasteiger partial charge is 0.243 e. The Bertz CT molecular complexity index is 1260. The summed E-state index contributed by atoms with van der Waals surface area (Å²) in [5, 5.41) is 0. The van der Waals surface area contributed by atoms with Crippen LogP contribution in [0.2, 0.25) is 0 Å². The van der Waals surface area contributed by atoms with Crippen LogP contribution >= 0.6 is 11.8 Å². The van der Waals surface area contributed by atoms with Crippen LogP contribution in [0.1, 0.15) is 30.0 Å². The first-order valence-corrected chi connectivity index (χ1v) is 15.9. The molecule has 2 saturated heterocycles. The van der Waals surface area contributed by atoms with Gasteiger partial charge in [-0.05, 0) is 54.5 Å². The summed E-state index contributed by atoms with van der Waals surface area (Å²) in [6.07, 6.45) is 3.10. The molecule has 8 heteroatoms. The van der Waals surface area contributed by atoms with Crippen molar-refractivity contribution in [1.82, 2.24) is 14.1 Å². The van der Waals surface area contributed by atoms with Gasteiger partial charge in [0, 0.05) is 50.1 Å². The molecule has 0 radical (unpaired) electrons. The Balaban J connectivity index is 1.18. The molecule has 2 aliphatic rings. The zero-order chi connectivity index (χ0) is 26.5. The summed E-state index contributed by atoms with van der Waals surface area (Å²) in [6, 6.07) is 28.3. The zero-order valence-corrected chi connectivity index (χ0v) is 23.4. The minimum absolute atomic E-state index is 0.120. The number of piperidine rings is 1. The van der Waals surface area contributed by atoms with E-state index in [1.807, 2.05) is 35.4 Å². The van der Waals surface area contributed by atoms with Crippen molar-refractivity contribution in [3.8, 4) is 0 Å². The maximum atomic E-state index is 13.4. The molecule has 0 atom stereocenters. The average molecular weight is 550 g/mol. The van der Waals surface area contributed by atoms with Gasteiger partial charge in [0.2, 0.25) is 15.9 Å². The third-order valence-electron chi connectivity index (χ3n) is 7.72. The number of amides is 1. The lowest BCUT2D eigenvalue weighted by Crippen LogP contribution is -2.52. The molecule has 0 aromatic heterocycles. The fraction of sp³-hybridized carbons (Fsp3) is 0.367. The zero-order valence-electron chi connectivity index (χ0n) is 21.8. The summed E-state index contributed by atoms with van der Waals surface area (Å²) in [6.45, 7) is 3.75. The molecule has 0 N–H and O–H groups in total. The Morgan fingerprint density at radius 2 is 1.29 bits per heavy atom. The van der Waals surface area contributed by atoms with Gasteiger partial charge in [-0.25, -0.2) is 8.42 Å². The fourth-order valence-electron chi connectivity index (χ4n) is 5.58. The number of benzene rings is 3. The summed E-state index contributed by atoms with van der Waals surface area (Å²) in [7, 11) is -3.54. The monoisotopic (exact) mass is 549 g/mol. The van der Waals surface area contributed by atoms with Crippen molar-refractivity contribution in [2.45, 2.75) is 28.7 Å². The van der Waals surface area contributed by atoms with E-state index >= 15 is 0 Å². The predicted molar refractivity (Wildman–Crippen MR) is 153 cm³/mol. The van der Waals surface area contributed by atoms with E-state index in [-0.39, 0.29) is 17.9 Å². The van der Waals surface area contributed by atoms with Crippen LogP contribution in [0.25, 0.3) is 0 Å². The number of thioether (sulfide) groups is 1. The number of nitrogens with zero attached hydrogens (tertiary/aromatic N) is 3. The molecule has 0 unspecified atom stereocenters. The van der Waals surface area contributed by atoms with Gasteiger partial charge in [0.05, 0.1) is 10.9 Å². The maximum Gasteiger partial charge on any atom is 0.243 e. The molecule has 2 heterocycles. The molecule has 2 aliphatic heterocycles. The Labute approximate surface area is 230 Å². The molecule has 0 spiro atoms. The predicted octanol–water partition coefficient (Wildman–Crippen LogP) is 4.74. The molecule has 3 aromatic carbocycles. The first-order valence-electron chi connectivity index (χ1n) is 13.2. The van der Waals surface area contributed by atoms with E-state index in [0.29, 0.717) is 43.9 Å². The number of piperazine rings is 1. The standard InChI is InChI=1S/C30H35N3O3S2/c1-37-27-12-14-28(15-13-27)38(35,36)33-18-16-26(17-19-33)30(34)32-22-20-31(21-23-32)29(24-8-4-2-5-9-24)25-10-6-3-7-11-25/h2-15,26,29H,16-23H2,1H3. The van der Waals surface area contributed by atoms with Crippen LogP contribution in [0, 0.1) is 5.92 Å². The van der Waals surface area contributed by atoms with E-state index in [4.69, 9.17) is 0 Å². The third kappa shape index (κ3) is 5.83. The highest BCUT2D eigenvalue weighted by Gasteiger charge is 2.35. The average Bonchev–Trinajstić information content (AvgIpc) is 2.98. The van der Waals surface area contributed by atoms with Crippen LogP contribution in [0.3, 0.4) is 0 Å². The van der Waals surface area contributed by atoms with E-state index in [1.54, 1.807) is 23.9 Å². The first-order chi connectivity index (χ1) is 18.5. The van der Waals surface area contributed by atoms with Crippen molar-refractivity contribution >= 4 is 27.7 Å². The Morgan fingerprint density at radius 1 is 0.763 bits per heavy atom. The molecule has 38 heavy (non-hydrogen) atoms. The molecule has 0 aliphatic carbocycles. The highest BCUT2D eigenvalue weighted by Crippen LogP contribution is 2.31. The van der Waals surface area contributed by atoms with Crippen molar-refractivity contribution in [2.75, 3.05) is 45.5 Å². The quantitative estimate of drug-likeness (QED) is 0.399. The summed E-state index contributed by atoms with van der Waals surface area (Å²) in [5.74, 6) is 0.0490. The minimum Gasteiger partial charge on any atom is -0.340 e. The fourth-order valence-corrected chi connectivity index (χ4v) is 7.46. The highest BCUT2D eigenvalue weighted by molar-refractivity contribution is 7.98. The number of rotatable bonds is 7. The van der Waals surface area contributed by atoms with Crippen LogP contribution < -0.4 is 0 Å². The normalized spacial score (nSPS) is 18.1. The van der Waals surface area contributed by atoms with E-state index in [2.05, 4.69) is 53.4 Å². The maximum absolute atomic E-state index is 13.4. The van der Waals surface area contributed by atoms with Crippen LogP contribution in [-0.2, 0) is 14.8 Å². The van der Waals surface area contributed by atoms with Crippen LogP contribution in [0.5, 0.6) is 0 Å². The third-order valence-corrected chi connectivity index (χ3v) is 10.4. The second-order valence-electron chi connectivity index (χ2n) is 9.94. The van der Waals surface area contributed by atoms with Crippen LogP contribution in [-0.4, -0.2) is 74.0 Å². The number of sulfonamides is 1. The Kier molecular flexibility index (Phi) is 8.53. The number of carbonyl (C=O) groups excluding carboxylic acids is 1. The Hall–Kier alpha value is -2.65. The Morgan fingerprint density at radius 3 is 1.79 bits per heavy atom. The van der Waals surface area contributed by atoms with Crippen molar-refractivity contribution in [2.24, 2.45) is 5.92 Å². The van der Waals surface area contributed by atoms with Gasteiger partial charge in [0.15, 0.2) is 0 Å². The van der Waals surface area contributed by atoms with Gasteiger partial charge >= 0.3 is 0 Å². The lowest BCUT2D eigenvalue weighted by Gasteiger charge is -2.41. The largest absolute Gasteiger partial charge is 0.340 e. The van der Waals surface area contributed by atoms with E-state index in [1.165, 1.54) is 15.4 Å². The number of hydrogen-bond donors (Lipinski definition) is 0. The summed E-state index contributed by atoms with van der Waals surface area (Å²) in [4.78, 5) is 19.2. The van der Waals surface area contributed by atoms with Gasteiger partial charge in [0.25, 0.3) is 0 Å². The lowest BCUT2D eigenvalue weighted by molar-refractivity contribution is -0.138. The van der Waals surface area contributed by atoms with Gasteiger partial charge in [0.1, 0.15) is 0 Å². The SMILES string of the molecule is CSc1ccc(S(=O)(=O)N2CCC(C(=O)N3CCN(C(c4ccccc4)c4ccccc4)CC3)CC2)cc1. The molecule has 200 valence electrons. The van der Waals surface area contributed by atoms with Gasteiger partial charge < -0.3 is 4.90 Å². The van der Waals surface area contributed by atoms with Crippen LogP contribution in [0.4, 0.5) is 0 Å². The van der Waals surface area contributed by atoms with Crippen molar-refractivity contribution in [3.63, 3.8) is 0 Å². The molecule has 0 bridgehead atoms. The van der Waals surface area contributed by atoms with E-state index < -0.39 is 10.0 Å². The molecule has 3 aromatic rings. The second kappa shape index (κ2) is 12.0. The van der Waals surface area contributed by atoms with Crippen LogP contribution in [0.15, 0.2) is 94.7 Å². The summed E-state index contributed by atoms with van der Waals surface area (Å²) >= 11 is 1.59. The van der Waals surface area contributed by atoms with E-state index in [0.717, 1.165) is 18.0 Å². The molecule has 6 nitrogen and oxygen atoms in total. The second-order valence-corrected chi connectivity index (χ2v) is 12.8. The van der Waals surface area contributed by atoms with Crippen molar-refractivity contribution in [1.29, 1.82) is 0 Å².